The summed E-state index contributed by atoms with van der Waals surface area (Å²) in [7, 11) is 0. The molecule has 0 heterocycles. The normalized spacial score (nSPS) is 10.8. The van der Waals surface area contributed by atoms with Crippen LogP contribution in [0.2, 0.25) is 0 Å². The Morgan fingerprint density at radius 3 is 1.40 bits per heavy atom. The van der Waals surface area contributed by atoms with Gasteiger partial charge in [0, 0.05) is 41.0 Å². The number of hydrogen-bond acceptors (Lipinski definition) is 6. The maximum Gasteiger partial charge on any atom is 0.302 e. The molecule has 0 radical (unpaired) electrons. The Morgan fingerprint density at radius 2 is 0.909 bits per heavy atom. The Kier molecular flexibility index (Phi) is 14.0. The van der Waals surface area contributed by atoms with E-state index in [9.17, 15) is 4.79 Å². The van der Waals surface area contributed by atoms with Crippen molar-refractivity contribution in [1.29, 1.82) is 0 Å². The van der Waals surface area contributed by atoms with E-state index < -0.39 is 0 Å². The number of esters is 1. The molecule has 6 rings (SSSR count). The molecule has 6 nitrogen and oxygen atoms in total. The van der Waals surface area contributed by atoms with E-state index in [1.807, 2.05) is 18.2 Å². The zero-order valence-corrected chi connectivity index (χ0v) is 32.3. The first-order valence-corrected chi connectivity index (χ1v) is 19.6. The summed E-state index contributed by atoms with van der Waals surface area (Å²) in [6.07, 6.45) is 5.79. The van der Waals surface area contributed by atoms with Gasteiger partial charge in [-0.1, -0.05) is 87.4 Å². The number of unbranched alkanes of at least 4 members (excludes halogenated alkanes) is 2. The van der Waals surface area contributed by atoms with E-state index in [0.717, 1.165) is 102 Å². The molecule has 0 bridgehead atoms. The molecule has 6 heteroatoms. The van der Waals surface area contributed by atoms with Gasteiger partial charge in [-0.05, 0) is 133 Å². The molecule has 6 aromatic carbocycles. The lowest BCUT2D eigenvalue weighted by atomic mass is 10.0. The van der Waals surface area contributed by atoms with Gasteiger partial charge in [0.25, 0.3) is 0 Å². The number of para-hydroxylation sites is 2. The first-order chi connectivity index (χ1) is 27.0. The van der Waals surface area contributed by atoms with Crippen LogP contribution in [-0.4, -0.2) is 25.8 Å². The molecule has 0 N–H and O–H groups in total. The Balaban J connectivity index is 1.27. The maximum absolute atomic E-state index is 11.4. The van der Waals surface area contributed by atoms with Gasteiger partial charge >= 0.3 is 5.97 Å². The standard InChI is InChI=1S/C49H52N2O4/c1-4-6-35-54-47-31-27-44(28-32-47)50(42-16-9-8-10-17-42)43-23-19-39(20-24-43)40-21-25-45(26-22-40)51(46-29-33-48(34-30-46)55-36-7-5-2)49-18-12-11-14-41(49)15-13-37-53-38(3)52/h8-12,14,16-34H,4-7,13,15,35-37H2,1-3H3. The SMILES string of the molecule is CCCCOc1ccc(N(c2ccccc2)c2ccc(-c3ccc(N(c4ccc(OCCCC)cc4)c4ccccc4CCCOC(C)=O)cc3)cc2)cc1. The predicted octanol–water partition coefficient (Wildman–Crippen LogP) is 13.1. The third-order valence-electron chi connectivity index (χ3n) is 9.45. The van der Waals surface area contributed by atoms with Crippen LogP contribution in [0.4, 0.5) is 34.1 Å². The fourth-order valence-electron chi connectivity index (χ4n) is 6.53. The fourth-order valence-corrected chi connectivity index (χ4v) is 6.53. The summed E-state index contributed by atoms with van der Waals surface area (Å²) in [5.41, 5.74) is 9.84. The van der Waals surface area contributed by atoms with Crippen LogP contribution >= 0.6 is 0 Å². The summed E-state index contributed by atoms with van der Waals surface area (Å²) in [5.74, 6) is 1.50. The molecule has 55 heavy (non-hydrogen) atoms. The number of ether oxygens (including phenoxy) is 3. The third kappa shape index (κ3) is 10.6. The van der Waals surface area contributed by atoms with Crippen LogP contribution in [-0.2, 0) is 16.0 Å². The number of benzene rings is 6. The Hall–Kier alpha value is -6.01. The number of carbonyl (C=O) groups excluding carboxylic acids is 1. The zero-order chi connectivity index (χ0) is 38.2. The van der Waals surface area contributed by atoms with Gasteiger partial charge in [0.2, 0.25) is 0 Å². The van der Waals surface area contributed by atoms with Crippen molar-refractivity contribution in [2.75, 3.05) is 29.6 Å². The second kappa shape index (κ2) is 19.9. The lowest BCUT2D eigenvalue weighted by Crippen LogP contribution is -2.13. The van der Waals surface area contributed by atoms with Crippen molar-refractivity contribution < 1.29 is 19.0 Å². The van der Waals surface area contributed by atoms with Gasteiger partial charge in [-0.3, -0.25) is 4.79 Å². The molecule has 0 saturated carbocycles. The average Bonchev–Trinajstić information content (AvgIpc) is 3.22. The van der Waals surface area contributed by atoms with Gasteiger partial charge in [-0.2, -0.15) is 0 Å². The van der Waals surface area contributed by atoms with Gasteiger partial charge in [0.15, 0.2) is 0 Å². The highest BCUT2D eigenvalue weighted by Crippen LogP contribution is 2.40. The van der Waals surface area contributed by atoms with Crippen LogP contribution in [0, 0.1) is 0 Å². The summed E-state index contributed by atoms with van der Waals surface area (Å²) in [6.45, 7) is 7.62. The molecule has 0 fully saturated rings. The predicted molar refractivity (Wildman–Crippen MR) is 227 cm³/mol. The molecule has 0 aliphatic carbocycles. The van der Waals surface area contributed by atoms with E-state index in [-0.39, 0.29) is 5.97 Å². The average molecular weight is 733 g/mol. The summed E-state index contributed by atoms with van der Waals surface area (Å²) < 4.78 is 17.2. The van der Waals surface area contributed by atoms with Crippen molar-refractivity contribution in [3.05, 3.63) is 157 Å². The lowest BCUT2D eigenvalue weighted by molar-refractivity contribution is -0.141. The number of anilines is 6. The fraction of sp³-hybridized carbons (Fsp3) is 0.245. The van der Waals surface area contributed by atoms with Crippen molar-refractivity contribution >= 4 is 40.1 Å². The molecule has 0 atom stereocenters. The van der Waals surface area contributed by atoms with Crippen molar-refractivity contribution in [3.63, 3.8) is 0 Å². The molecular formula is C49H52N2O4. The minimum absolute atomic E-state index is 0.252. The minimum atomic E-state index is -0.252. The van der Waals surface area contributed by atoms with E-state index in [4.69, 9.17) is 14.2 Å². The summed E-state index contributed by atoms with van der Waals surface area (Å²) >= 11 is 0. The third-order valence-corrected chi connectivity index (χ3v) is 9.45. The summed E-state index contributed by atoms with van der Waals surface area (Å²) in [6, 6.07) is 53.1. The first-order valence-electron chi connectivity index (χ1n) is 19.6. The van der Waals surface area contributed by atoms with E-state index in [1.165, 1.54) is 12.5 Å². The second-order valence-corrected chi connectivity index (χ2v) is 13.6. The minimum Gasteiger partial charge on any atom is -0.494 e. The molecule has 0 aliphatic rings. The molecule has 0 aromatic heterocycles. The zero-order valence-electron chi connectivity index (χ0n) is 32.3. The van der Waals surface area contributed by atoms with Crippen LogP contribution in [0.25, 0.3) is 11.1 Å². The van der Waals surface area contributed by atoms with E-state index in [0.29, 0.717) is 13.2 Å². The molecule has 0 unspecified atom stereocenters. The van der Waals surface area contributed by atoms with Gasteiger partial charge in [0.1, 0.15) is 11.5 Å². The van der Waals surface area contributed by atoms with E-state index in [2.05, 4.69) is 157 Å². The Morgan fingerprint density at radius 1 is 0.473 bits per heavy atom. The lowest BCUT2D eigenvalue weighted by Gasteiger charge is -2.28. The first kappa shape index (κ1) is 38.7. The smallest absolute Gasteiger partial charge is 0.302 e. The number of rotatable bonds is 19. The Bertz CT molecular complexity index is 2050. The van der Waals surface area contributed by atoms with Crippen LogP contribution in [0.3, 0.4) is 0 Å². The molecule has 0 aliphatic heterocycles. The van der Waals surface area contributed by atoms with E-state index in [1.54, 1.807) is 0 Å². The van der Waals surface area contributed by atoms with Crippen molar-refractivity contribution in [1.82, 2.24) is 0 Å². The largest absolute Gasteiger partial charge is 0.494 e. The Labute approximate surface area is 326 Å². The second-order valence-electron chi connectivity index (χ2n) is 13.6. The van der Waals surface area contributed by atoms with Gasteiger partial charge in [-0.15, -0.1) is 0 Å². The number of aryl methyl sites for hydroxylation is 1. The van der Waals surface area contributed by atoms with Crippen LogP contribution < -0.4 is 19.3 Å². The molecule has 0 spiro atoms. The van der Waals surface area contributed by atoms with E-state index >= 15 is 0 Å². The molecule has 282 valence electrons. The quantitative estimate of drug-likeness (QED) is 0.0610. The van der Waals surface area contributed by atoms with Crippen LogP contribution in [0.15, 0.2) is 152 Å². The number of nitrogens with zero attached hydrogens (tertiary/aromatic N) is 2. The van der Waals surface area contributed by atoms with Gasteiger partial charge < -0.3 is 24.0 Å². The van der Waals surface area contributed by atoms with Gasteiger partial charge in [0.05, 0.1) is 19.8 Å². The summed E-state index contributed by atoms with van der Waals surface area (Å²) in [4.78, 5) is 16.0. The molecule has 0 amide bonds. The van der Waals surface area contributed by atoms with Crippen molar-refractivity contribution in [2.24, 2.45) is 0 Å². The number of hydrogen-bond donors (Lipinski definition) is 0. The highest BCUT2D eigenvalue weighted by Gasteiger charge is 2.17. The maximum atomic E-state index is 11.4. The highest BCUT2D eigenvalue weighted by atomic mass is 16.5. The topological polar surface area (TPSA) is 51.2 Å². The molecule has 6 aromatic rings. The van der Waals surface area contributed by atoms with Gasteiger partial charge in [-0.25, -0.2) is 0 Å². The summed E-state index contributed by atoms with van der Waals surface area (Å²) in [5, 5.41) is 0. The number of carbonyl (C=O) groups is 1. The highest BCUT2D eigenvalue weighted by molar-refractivity contribution is 5.81. The van der Waals surface area contributed by atoms with Crippen molar-refractivity contribution in [2.45, 2.75) is 59.3 Å². The molecular weight excluding hydrogens is 681 g/mol. The van der Waals surface area contributed by atoms with Crippen molar-refractivity contribution in [3.8, 4) is 22.6 Å². The molecule has 0 saturated heterocycles. The monoisotopic (exact) mass is 732 g/mol. The van der Waals surface area contributed by atoms with Crippen LogP contribution in [0.5, 0.6) is 11.5 Å². The van der Waals surface area contributed by atoms with Crippen LogP contribution in [0.1, 0.15) is 58.4 Å².